The van der Waals surface area contributed by atoms with Crippen molar-refractivity contribution in [3.05, 3.63) is 177 Å². The third-order valence-electron chi connectivity index (χ3n) is 21.1. The second-order valence-electron chi connectivity index (χ2n) is 26.1. The first-order valence-corrected chi connectivity index (χ1v) is 49.5. The molecule has 0 bridgehead atoms. The maximum Gasteiger partial charge on any atom is 0.0431 e. The zero-order chi connectivity index (χ0) is 90.0. The number of piperidine rings is 3. The van der Waals surface area contributed by atoms with Crippen LogP contribution in [0.2, 0.25) is 0 Å². The van der Waals surface area contributed by atoms with Crippen molar-refractivity contribution in [1.29, 1.82) is 0 Å². The molecule has 0 aliphatic carbocycles. The third kappa shape index (κ3) is 43.3. The highest BCUT2D eigenvalue weighted by atomic mass is 15.2. The average molecular weight is 1690 g/mol. The fourth-order valence-electron chi connectivity index (χ4n) is 17.2. The van der Waals surface area contributed by atoms with Gasteiger partial charge in [0.15, 0.2) is 0 Å². The number of benzene rings is 6. The van der Waals surface area contributed by atoms with Crippen molar-refractivity contribution in [1.82, 2.24) is 0 Å². The van der Waals surface area contributed by atoms with E-state index >= 15 is 0 Å². The number of rotatable bonds is 28. The molecular formula is C115H226N6. The number of para-hydroxylation sites is 6. The molecule has 6 aromatic carbocycles. The van der Waals surface area contributed by atoms with Crippen LogP contribution in [0.4, 0.5) is 34.1 Å². The van der Waals surface area contributed by atoms with Crippen molar-refractivity contribution in [2.45, 2.75) is 425 Å². The molecule has 121 heavy (non-hydrogen) atoms. The van der Waals surface area contributed by atoms with Crippen molar-refractivity contribution in [3.63, 3.8) is 0 Å². The van der Waals surface area contributed by atoms with Crippen LogP contribution in [0.5, 0.6) is 0 Å². The summed E-state index contributed by atoms with van der Waals surface area (Å²) in [4.78, 5) is 16.6. The van der Waals surface area contributed by atoms with Crippen molar-refractivity contribution < 1.29 is 0 Å². The largest absolute Gasteiger partial charge is 0.371 e. The molecule has 6 heteroatoms. The quantitative estimate of drug-likeness (QED) is 0.0484. The molecule has 5 atom stereocenters. The Bertz CT molecular complexity index is 2820. The van der Waals surface area contributed by atoms with Gasteiger partial charge in [0.25, 0.3) is 0 Å². The molecule has 0 aromatic heterocycles. The Labute approximate surface area is 768 Å². The molecule has 1 unspecified atom stereocenters. The topological polar surface area (TPSA) is 19.4 Å². The molecule has 6 nitrogen and oxygen atoms in total. The van der Waals surface area contributed by atoms with Gasteiger partial charge in [-0.3, -0.25) is 0 Å². The van der Waals surface area contributed by atoms with Crippen molar-refractivity contribution >= 4 is 34.1 Å². The molecule has 6 aromatic rings. The molecule has 3 saturated heterocycles. The molecule has 9 rings (SSSR count). The maximum atomic E-state index is 2.84. The fourth-order valence-corrected chi connectivity index (χ4v) is 17.2. The van der Waals surface area contributed by atoms with E-state index in [1.807, 2.05) is 194 Å². The van der Waals surface area contributed by atoms with Crippen LogP contribution in [0.3, 0.4) is 0 Å². The van der Waals surface area contributed by atoms with Gasteiger partial charge in [-0.2, -0.15) is 0 Å². The lowest BCUT2D eigenvalue weighted by molar-refractivity contribution is -0.0773. The molecule has 3 fully saturated rings. The van der Waals surface area contributed by atoms with Gasteiger partial charge < -0.3 is 29.4 Å². The minimum atomic E-state index is 0. The van der Waals surface area contributed by atoms with Crippen molar-refractivity contribution in [3.8, 4) is 0 Å². The van der Waals surface area contributed by atoms with Crippen LogP contribution in [0, 0.1) is 29.1 Å². The lowest BCUT2D eigenvalue weighted by atomic mass is 9.49. The van der Waals surface area contributed by atoms with Gasteiger partial charge in [0, 0.05) is 124 Å². The number of hydrogen-bond acceptors (Lipinski definition) is 6. The highest BCUT2D eigenvalue weighted by Crippen LogP contribution is 2.59. The maximum absolute atomic E-state index is 2.84. The molecule has 3 heterocycles. The molecule has 0 N–H and O–H groups in total. The normalized spacial score (nSPS) is 14.4. The Kier molecular flexibility index (Phi) is 113. The second kappa shape index (κ2) is 94.8. The SMILES string of the molecule is C.C.C.C.C.C.CC.CC.CC.CC.CC.CC.CC.CC.CC.CC.CC.CC.CC.CC.CCCN(CCCN(CCCN(CCC)c1c(CC)cccc1CC)c1ccccc1CC)c1c(CC)cccc1CC.CCc1ccccc1N1C[C@@H]2CN(c3c(CC)cccc3CC)C[C@H](C)C23[C@@H](C1)CN(c1c(CC)cccc1CC)C[C@H]3C. The third-order valence-corrected chi connectivity index (χ3v) is 21.1. The molecule has 0 amide bonds. The minimum Gasteiger partial charge on any atom is -0.371 e. The predicted octanol–water partition coefficient (Wildman–Crippen LogP) is 37.0. The van der Waals surface area contributed by atoms with Gasteiger partial charge in [0.05, 0.1) is 0 Å². The van der Waals surface area contributed by atoms with Crippen molar-refractivity contribution in [2.24, 2.45) is 29.1 Å². The molecule has 716 valence electrons. The molecule has 3 aliphatic heterocycles. The summed E-state index contributed by atoms with van der Waals surface area (Å²) >= 11 is 0. The molecule has 1 spiro atoms. The molecular weight excluding hydrogens is 1470 g/mol. The summed E-state index contributed by atoms with van der Waals surface area (Å²) in [5.41, 5.74) is 24.4. The summed E-state index contributed by atoms with van der Waals surface area (Å²) in [7, 11) is 0. The standard InChI is InChI=1S/C41H57N3.C40H61N3.14C2H6.6CH4/c1-8-31-17-13-14-22-38(31)42-25-36-27-43(39-32(9-2)18-15-19-33(39)10-3)23-29(6)41(36)30(7)24-44(28-37(41)26-42)40-34(11-4)20-16-21-35(40)12-5;1-8-27-42(39-34(11-4)22-17-23-35(39)12-5)31-19-29-41(38-26-16-15-21-33(38)10-3)30-20-32-43(28-9-2)40-36(13-6)24-18-25-37(40)14-7;14*1-2;;;;;;/h13-22,29-30,36-37H,8-12,23-28H2,1-7H3;15-18,21-26H,8-14,19-20,27-32H2,1-7H3;14*1-2H3;6*1H4/t29-,30+,36+,37-,41?;;;;;;;;;;;;;;;;;;;;;. The van der Waals surface area contributed by atoms with Crippen LogP contribution in [-0.4, -0.2) is 78.5 Å². The van der Waals surface area contributed by atoms with Gasteiger partial charge in [-0.25, -0.2) is 0 Å². The van der Waals surface area contributed by atoms with E-state index < -0.39 is 0 Å². The number of anilines is 6. The van der Waals surface area contributed by atoms with Gasteiger partial charge >= 0.3 is 0 Å². The van der Waals surface area contributed by atoms with Gasteiger partial charge in [-0.05, 0) is 175 Å². The molecule has 0 radical (unpaired) electrons. The second-order valence-corrected chi connectivity index (χ2v) is 26.1. The first-order valence-electron chi connectivity index (χ1n) is 49.5. The summed E-state index contributed by atoms with van der Waals surface area (Å²) in [6.07, 6.45) is 15.6. The van der Waals surface area contributed by atoms with E-state index in [0.717, 1.165) is 116 Å². The first kappa shape index (κ1) is 144. The van der Waals surface area contributed by atoms with Crippen LogP contribution in [-0.2, 0) is 64.2 Å². The first-order chi connectivity index (χ1) is 56.5. The zero-order valence-electron chi connectivity index (χ0n) is 85.4. The van der Waals surface area contributed by atoms with Gasteiger partial charge in [0.2, 0.25) is 0 Å². The molecule has 3 aliphatic rings. The summed E-state index contributed by atoms with van der Waals surface area (Å²) in [6, 6.07) is 46.3. The Hall–Kier alpha value is -5.88. The van der Waals surface area contributed by atoms with E-state index in [1.54, 1.807) is 11.4 Å². The fraction of sp³-hybridized carbons (Fsp3) is 0.687. The van der Waals surface area contributed by atoms with E-state index in [1.165, 1.54) is 130 Å². The van der Waals surface area contributed by atoms with E-state index in [0.29, 0.717) is 29.1 Å². The Morgan fingerprint density at radius 2 is 0.471 bits per heavy atom. The zero-order valence-corrected chi connectivity index (χ0v) is 85.4. The van der Waals surface area contributed by atoms with Crippen molar-refractivity contribution in [2.75, 3.05) is 108 Å². The summed E-state index contributed by atoms with van der Waals surface area (Å²) in [6.45, 7) is 103. The van der Waals surface area contributed by atoms with Gasteiger partial charge in [0.1, 0.15) is 0 Å². The van der Waals surface area contributed by atoms with E-state index in [2.05, 4.69) is 248 Å². The number of aryl methyl sites for hydroxylation is 10. The lowest BCUT2D eigenvalue weighted by Gasteiger charge is -2.66. The van der Waals surface area contributed by atoms with Crippen LogP contribution in [0.1, 0.15) is 417 Å². The van der Waals surface area contributed by atoms with Crippen LogP contribution >= 0.6 is 0 Å². The van der Waals surface area contributed by atoms with Crippen LogP contribution in [0.25, 0.3) is 0 Å². The molecule has 0 saturated carbocycles. The lowest BCUT2D eigenvalue weighted by Crippen LogP contribution is -2.71. The Morgan fingerprint density at radius 1 is 0.248 bits per heavy atom. The average Bonchev–Trinajstić information content (AvgIpc) is 0.704. The van der Waals surface area contributed by atoms with Gasteiger partial charge in [-0.1, -0.05) is 445 Å². The Balaban J connectivity index is -0.000000131. The van der Waals surface area contributed by atoms with E-state index in [4.69, 9.17) is 0 Å². The number of nitrogens with zero attached hydrogens (tertiary/aromatic N) is 6. The smallest absolute Gasteiger partial charge is 0.0431 e. The summed E-state index contributed by atoms with van der Waals surface area (Å²) in [5.74, 6) is 2.56. The highest BCUT2D eigenvalue weighted by molar-refractivity contribution is 5.65. The van der Waals surface area contributed by atoms with E-state index in [9.17, 15) is 0 Å². The van der Waals surface area contributed by atoms with Crippen LogP contribution in [0.15, 0.2) is 121 Å². The Morgan fingerprint density at radius 3 is 0.736 bits per heavy atom. The van der Waals surface area contributed by atoms with E-state index in [-0.39, 0.29) is 44.6 Å². The number of hydrogen-bond donors (Lipinski definition) is 0. The van der Waals surface area contributed by atoms with Gasteiger partial charge in [-0.15, -0.1) is 0 Å². The summed E-state index contributed by atoms with van der Waals surface area (Å²) in [5, 5.41) is 0. The summed E-state index contributed by atoms with van der Waals surface area (Å²) < 4.78 is 0. The van der Waals surface area contributed by atoms with Crippen LogP contribution < -0.4 is 29.4 Å². The minimum absolute atomic E-state index is 0. The predicted molar refractivity (Wildman–Crippen MR) is 583 cm³/mol. The highest BCUT2D eigenvalue weighted by Gasteiger charge is 2.61. The monoisotopic (exact) mass is 1690 g/mol.